The van der Waals surface area contributed by atoms with Gasteiger partial charge in [0.1, 0.15) is 5.15 Å². The number of aromatic nitrogens is 1. The Hall–Kier alpha value is -0.640. The zero-order valence-corrected chi connectivity index (χ0v) is 11.7. The highest BCUT2D eigenvalue weighted by molar-refractivity contribution is 6.29. The van der Waals surface area contributed by atoms with Crippen molar-refractivity contribution >= 4 is 11.6 Å². The van der Waals surface area contributed by atoms with Crippen LogP contribution in [0, 0.1) is 5.92 Å². The van der Waals surface area contributed by atoms with Gasteiger partial charge in [-0.15, -0.1) is 0 Å². The van der Waals surface area contributed by atoms with Crippen LogP contribution in [0.2, 0.25) is 5.15 Å². The Morgan fingerprint density at radius 2 is 2.17 bits per heavy atom. The molecule has 0 saturated heterocycles. The third-order valence-corrected chi connectivity index (χ3v) is 4.18. The smallest absolute Gasteiger partial charge is 0.129 e. The van der Waals surface area contributed by atoms with E-state index in [1.165, 1.54) is 31.2 Å². The first-order valence-corrected chi connectivity index (χ1v) is 7.09. The molecule has 100 valence electrons. The fraction of sp³-hybridized carbons (Fsp3) is 0.643. The molecule has 0 aromatic carbocycles. The summed E-state index contributed by atoms with van der Waals surface area (Å²) < 4.78 is 0. The Kier molecular flexibility index (Phi) is 4.98. The molecule has 2 unspecified atom stereocenters. The lowest BCUT2D eigenvalue weighted by atomic mass is 9.83. The largest absolute Gasteiger partial charge is 0.330 e. The summed E-state index contributed by atoms with van der Waals surface area (Å²) >= 11 is 5.80. The fourth-order valence-corrected chi connectivity index (χ4v) is 3.06. The maximum absolute atomic E-state index is 5.89. The van der Waals surface area contributed by atoms with E-state index in [4.69, 9.17) is 17.3 Å². The van der Waals surface area contributed by atoms with Crippen LogP contribution in [-0.2, 0) is 6.54 Å². The van der Waals surface area contributed by atoms with Crippen molar-refractivity contribution in [3.8, 4) is 0 Å². The first-order valence-electron chi connectivity index (χ1n) is 6.71. The van der Waals surface area contributed by atoms with Crippen LogP contribution in [0.1, 0.15) is 31.2 Å². The monoisotopic (exact) mass is 267 g/mol. The fourth-order valence-electron chi connectivity index (χ4n) is 2.95. The SMILES string of the molecule is CN(Cc1ccc(Cl)nc1)C1CCCCC1CN. The first-order chi connectivity index (χ1) is 8.70. The molecule has 2 rings (SSSR count). The standard InChI is InChI=1S/C14H22ClN3/c1-18(10-11-6-7-14(15)17-9-11)13-5-3-2-4-12(13)8-16/h6-7,9,12-13H,2-5,8,10,16H2,1H3. The van der Waals surface area contributed by atoms with Crippen molar-refractivity contribution in [2.24, 2.45) is 11.7 Å². The Labute approximate surface area is 114 Å². The molecule has 1 fully saturated rings. The number of hydrogen-bond acceptors (Lipinski definition) is 3. The zero-order valence-electron chi connectivity index (χ0n) is 11.0. The van der Waals surface area contributed by atoms with E-state index in [1.54, 1.807) is 0 Å². The molecule has 1 saturated carbocycles. The molecule has 4 heteroatoms. The van der Waals surface area contributed by atoms with Gasteiger partial charge in [0, 0.05) is 18.8 Å². The molecule has 1 heterocycles. The van der Waals surface area contributed by atoms with Gasteiger partial charge < -0.3 is 5.73 Å². The van der Waals surface area contributed by atoms with Gasteiger partial charge in [-0.3, -0.25) is 4.90 Å². The topological polar surface area (TPSA) is 42.2 Å². The summed E-state index contributed by atoms with van der Waals surface area (Å²) in [6.45, 7) is 1.72. The van der Waals surface area contributed by atoms with Gasteiger partial charge in [-0.2, -0.15) is 0 Å². The van der Waals surface area contributed by atoms with Crippen LogP contribution >= 0.6 is 11.6 Å². The van der Waals surface area contributed by atoms with Gasteiger partial charge in [-0.25, -0.2) is 4.98 Å². The third kappa shape index (κ3) is 3.44. The summed E-state index contributed by atoms with van der Waals surface area (Å²) in [5, 5.41) is 0.555. The lowest BCUT2D eigenvalue weighted by Gasteiger charge is -2.37. The molecule has 3 nitrogen and oxygen atoms in total. The minimum Gasteiger partial charge on any atom is -0.330 e. The lowest BCUT2D eigenvalue weighted by molar-refractivity contribution is 0.127. The second kappa shape index (κ2) is 6.50. The van der Waals surface area contributed by atoms with Gasteiger partial charge in [-0.1, -0.05) is 30.5 Å². The van der Waals surface area contributed by atoms with Gasteiger partial charge >= 0.3 is 0 Å². The van der Waals surface area contributed by atoms with Gasteiger partial charge in [0.2, 0.25) is 0 Å². The van der Waals surface area contributed by atoms with E-state index in [-0.39, 0.29) is 0 Å². The van der Waals surface area contributed by atoms with Crippen molar-refractivity contribution in [1.29, 1.82) is 0 Å². The molecule has 0 aliphatic heterocycles. The quantitative estimate of drug-likeness (QED) is 0.853. The summed E-state index contributed by atoms with van der Waals surface area (Å²) in [5.74, 6) is 0.643. The minimum absolute atomic E-state index is 0.555. The molecule has 2 atom stereocenters. The molecule has 0 amide bonds. The molecule has 1 aromatic rings. The predicted molar refractivity (Wildman–Crippen MR) is 75.5 cm³/mol. The Bertz CT molecular complexity index is 366. The number of pyridine rings is 1. The van der Waals surface area contributed by atoms with Gasteiger partial charge in [0.05, 0.1) is 0 Å². The highest BCUT2D eigenvalue weighted by Gasteiger charge is 2.27. The van der Waals surface area contributed by atoms with E-state index < -0.39 is 0 Å². The van der Waals surface area contributed by atoms with Gasteiger partial charge in [0.25, 0.3) is 0 Å². The highest BCUT2D eigenvalue weighted by Crippen LogP contribution is 2.28. The summed E-state index contributed by atoms with van der Waals surface area (Å²) in [6.07, 6.45) is 7.04. The van der Waals surface area contributed by atoms with E-state index in [2.05, 4.69) is 16.9 Å². The molecule has 1 aromatic heterocycles. The van der Waals surface area contributed by atoms with Crippen molar-refractivity contribution in [1.82, 2.24) is 9.88 Å². The number of nitrogens with zero attached hydrogens (tertiary/aromatic N) is 2. The van der Waals surface area contributed by atoms with Crippen molar-refractivity contribution in [2.75, 3.05) is 13.6 Å². The number of nitrogens with two attached hydrogens (primary N) is 1. The molecular formula is C14H22ClN3. The van der Waals surface area contributed by atoms with Crippen LogP contribution < -0.4 is 5.73 Å². The molecule has 0 spiro atoms. The van der Waals surface area contributed by atoms with Crippen LogP contribution in [0.15, 0.2) is 18.3 Å². The third-order valence-electron chi connectivity index (χ3n) is 3.96. The van der Waals surface area contributed by atoms with E-state index in [0.717, 1.165) is 13.1 Å². The number of halogens is 1. The second-order valence-electron chi connectivity index (χ2n) is 5.25. The second-order valence-corrected chi connectivity index (χ2v) is 5.64. The molecule has 1 aliphatic rings. The number of rotatable bonds is 4. The van der Waals surface area contributed by atoms with Crippen LogP contribution in [0.5, 0.6) is 0 Å². The minimum atomic E-state index is 0.555. The van der Waals surface area contributed by atoms with E-state index >= 15 is 0 Å². The summed E-state index contributed by atoms with van der Waals surface area (Å²) in [4.78, 5) is 6.55. The lowest BCUT2D eigenvalue weighted by Crippen LogP contribution is -2.42. The Morgan fingerprint density at radius 1 is 1.39 bits per heavy atom. The molecule has 18 heavy (non-hydrogen) atoms. The van der Waals surface area contributed by atoms with Crippen LogP contribution in [0.4, 0.5) is 0 Å². The highest BCUT2D eigenvalue weighted by atomic mass is 35.5. The van der Waals surface area contributed by atoms with Crippen LogP contribution in [0.25, 0.3) is 0 Å². The Morgan fingerprint density at radius 3 is 2.83 bits per heavy atom. The van der Waals surface area contributed by atoms with Crippen molar-refractivity contribution in [3.05, 3.63) is 29.0 Å². The summed E-state index contributed by atoms with van der Waals surface area (Å²) in [6, 6.07) is 4.51. The molecule has 2 N–H and O–H groups in total. The number of hydrogen-bond donors (Lipinski definition) is 1. The Balaban J connectivity index is 1.97. The molecule has 1 aliphatic carbocycles. The van der Waals surface area contributed by atoms with Crippen LogP contribution in [-0.4, -0.2) is 29.5 Å². The molecule has 0 radical (unpaired) electrons. The normalized spacial score (nSPS) is 24.4. The average Bonchev–Trinajstić information content (AvgIpc) is 2.41. The van der Waals surface area contributed by atoms with Crippen molar-refractivity contribution in [2.45, 2.75) is 38.3 Å². The van der Waals surface area contributed by atoms with Gasteiger partial charge in [0.15, 0.2) is 0 Å². The molecule has 0 bridgehead atoms. The zero-order chi connectivity index (χ0) is 13.0. The summed E-state index contributed by atoms with van der Waals surface area (Å²) in [5.41, 5.74) is 7.10. The van der Waals surface area contributed by atoms with Gasteiger partial charge in [-0.05, 0) is 44.0 Å². The maximum Gasteiger partial charge on any atom is 0.129 e. The molecular weight excluding hydrogens is 246 g/mol. The maximum atomic E-state index is 5.89. The van der Waals surface area contributed by atoms with E-state index in [1.807, 2.05) is 18.3 Å². The van der Waals surface area contributed by atoms with Crippen molar-refractivity contribution < 1.29 is 0 Å². The van der Waals surface area contributed by atoms with E-state index in [0.29, 0.717) is 17.1 Å². The first kappa shape index (κ1) is 13.8. The van der Waals surface area contributed by atoms with Crippen LogP contribution in [0.3, 0.4) is 0 Å². The van der Waals surface area contributed by atoms with Crippen molar-refractivity contribution in [3.63, 3.8) is 0 Å². The average molecular weight is 268 g/mol. The predicted octanol–water partition coefficient (Wildman–Crippen LogP) is 2.68. The van der Waals surface area contributed by atoms with E-state index in [9.17, 15) is 0 Å². The summed E-state index contributed by atoms with van der Waals surface area (Å²) in [7, 11) is 2.19.